The molecule has 0 bridgehead atoms. The molecule has 1 aromatic carbocycles. The first-order valence-electron chi connectivity index (χ1n) is 9.34. The minimum absolute atomic E-state index is 0.0731. The highest BCUT2D eigenvalue weighted by molar-refractivity contribution is 7.89. The maximum atomic E-state index is 12.8. The summed E-state index contributed by atoms with van der Waals surface area (Å²) in [6, 6.07) is 7.37. The monoisotopic (exact) mass is 473 g/mol. The molecule has 0 atom stereocenters. The Morgan fingerprint density at radius 2 is 1.80 bits per heavy atom. The fourth-order valence-corrected chi connectivity index (χ4v) is 4.87. The minimum Gasteiger partial charge on any atom is -0.459 e. The van der Waals surface area contributed by atoms with Gasteiger partial charge in [0, 0.05) is 39.1 Å². The van der Waals surface area contributed by atoms with Crippen LogP contribution in [-0.2, 0) is 14.8 Å². The number of hydrogen-bond acceptors (Lipinski definition) is 5. The van der Waals surface area contributed by atoms with Crippen molar-refractivity contribution >= 4 is 45.0 Å². The van der Waals surface area contributed by atoms with E-state index in [1.165, 1.54) is 28.8 Å². The molecular formula is C19H21Cl2N3O5S. The topological polar surface area (TPSA) is 99.9 Å². The van der Waals surface area contributed by atoms with E-state index in [1.807, 2.05) is 0 Å². The van der Waals surface area contributed by atoms with Gasteiger partial charge in [-0.3, -0.25) is 9.59 Å². The number of hydrogen-bond donors (Lipinski definition) is 1. The van der Waals surface area contributed by atoms with E-state index in [9.17, 15) is 18.0 Å². The Bertz CT molecular complexity index is 1000. The van der Waals surface area contributed by atoms with Gasteiger partial charge in [-0.15, -0.1) is 0 Å². The number of nitrogens with zero attached hydrogens (tertiary/aromatic N) is 2. The molecule has 162 valence electrons. The Hall–Kier alpha value is -2.07. The number of halogens is 2. The Morgan fingerprint density at radius 1 is 1.07 bits per heavy atom. The Labute approximate surface area is 184 Å². The van der Waals surface area contributed by atoms with Crippen molar-refractivity contribution < 1.29 is 22.4 Å². The number of carbonyl (C=O) groups excluding carboxylic acids is 2. The van der Waals surface area contributed by atoms with Gasteiger partial charge >= 0.3 is 0 Å². The molecule has 30 heavy (non-hydrogen) atoms. The highest BCUT2D eigenvalue weighted by Crippen LogP contribution is 2.27. The van der Waals surface area contributed by atoms with Crippen LogP contribution in [0, 0.1) is 0 Å². The number of carbonyl (C=O) groups is 2. The largest absolute Gasteiger partial charge is 0.459 e. The molecular weight excluding hydrogens is 453 g/mol. The van der Waals surface area contributed by atoms with Crippen LogP contribution in [0.4, 0.5) is 0 Å². The number of rotatable bonds is 7. The van der Waals surface area contributed by atoms with Gasteiger partial charge in [-0.1, -0.05) is 23.2 Å². The third-order valence-electron chi connectivity index (χ3n) is 4.72. The van der Waals surface area contributed by atoms with E-state index in [2.05, 4.69) is 5.32 Å². The summed E-state index contributed by atoms with van der Waals surface area (Å²) in [4.78, 5) is 25.8. The number of benzene rings is 1. The zero-order valence-corrected chi connectivity index (χ0v) is 18.3. The lowest BCUT2D eigenvalue weighted by Crippen LogP contribution is -2.50. The molecule has 2 amide bonds. The first-order chi connectivity index (χ1) is 14.3. The van der Waals surface area contributed by atoms with Crippen molar-refractivity contribution in [2.45, 2.75) is 17.7 Å². The molecule has 1 aromatic heterocycles. The van der Waals surface area contributed by atoms with Crippen LogP contribution in [0.15, 0.2) is 45.9 Å². The number of piperazine rings is 1. The molecule has 1 N–H and O–H groups in total. The second-order valence-corrected chi connectivity index (χ2v) is 9.45. The first kappa shape index (κ1) is 22.6. The lowest BCUT2D eigenvalue weighted by molar-refractivity contribution is -0.132. The number of amides is 2. The lowest BCUT2D eigenvalue weighted by Gasteiger charge is -2.34. The maximum absolute atomic E-state index is 12.8. The van der Waals surface area contributed by atoms with Crippen LogP contribution in [0.3, 0.4) is 0 Å². The summed E-state index contributed by atoms with van der Waals surface area (Å²) in [7, 11) is -3.71. The summed E-state index contributed by atoms with van der Waals surface area (Å²) in [5.74, 6) is -0.178. The standard InChI is InChI=1S/C19H21Cl2N3O5S/c20-15-6-5-14(13-16(15)21)30(27,28)24-10-8-23(9-11-24)18(25)4-1-7-22-19(26)17-3-2-12-29-17/h2-3,5-6,12-13H,1,4,7-11H2,(H,22,26). The van der Waals surface area contributed by atoms with E-state index in [1.54, 1.807) is 17.0 Å². The summed E-state index contributed by atoms with van der Waals surface area (Å²) in [5.41, 5.74) is 0. The van der Waals surface area contributed by atoms with Gasteiger partial charge in [-0.05, 0) is 36.8 Å². The average molecular weight is 474 g/mol. The molecule has 3 rings (SSSR count). The van der Waals surface area contributed by atoms with Crippen LogP contribution < -0.4 is 5.32 Å². The van der Waals surface area contributed by atoms with Crippen LogP contribution in [0.1, 0.15) is 23.4 Å². The Kier molecular flexibility index (Phi) is 7.41. The third-order valence-corrected chi connectivity index (χ3v) is 7.35. The van der Waals surface area contributed by atoms with E-state index >= 15 is 0 Å². The molecule has 2 aromatic rings. The van der Waals surface area contributed by atoms with Gasteiger partial charge in [0.2, 0.25) is 15.9 Å². The molecule has 1 aliphatic rings. The minimum atomic E-state index is -3.71. The number of sulfonamides is 1. The van der Waals surface area contributed by atoms with Crippen LogP contribution in [0.25, 0.3) is 0 Å². The molecule has 8 nitrogen and oxygen atoms in total. The quantitative estimate of drug-likeness (QED) is 0.622. The van der Waals surface area contributed by atoms with Gasteiger partial charge < -0.3 is 14.6 Å². The summed E-state index contributed by atoms with van der Waals surface area (Å²) >= 11 is 11.8. The second-order valence-electron chi connectivity index (χ2n) is 6.70. The second kappa shape index (κ2) is 9.82. The molecule has 1 saturated heterocycles. The molecule has 11 heteroatoms. The zero-order chi connectivity index (χ0) is 21.7. The predicted octanol–water partition coefficient (Wildman–Crippen LogP) is 2.63. The van der Waals surface area contributed by atoms with E-state index < -0.39 is 10.0 Å². The summed E-state index contributed by atoms with van der Waals surface area (Å²) in [6.07, 6.45) is 2.16. The predicted molar refractivity (Wildman–Crippen MR) is 112 cm³/mol. The molecule has 0 saturated carbocycles. The number of nitrogens with one attached hydrogen (secondary N) is 1. The average Bonchev–Trinajstić information content (AvgIpc) is 3.28. The van der Waals surface area contributed by atoms with Gasteiger partial charge in [0.25, 0.3) is 5.91 Å². The summed E-state index contributed by atoms with van der Waals surface area (Å²) in [6.45, 7) is 1.35. The third kappa shape index (κ3) is 5.34. The van der Waals surface area contributed by atoms with Crippen molar-refractivity contribution in [3.8, 4) is 0 Å². The normalized spacial score (nSPS) is 15.2. The molecule has 1 fully saturated rings. The fraction of sp³-hybridized carbons (Fsp3) is 0.368. The van der Waals surface area contributed by atoms with Crippen molar-refractivity contribution in [1.82, 2.24) is 14.5 Å². The van der Waals surface area contributed by atoms with Crippen molar-refractivity contribution in [1.29, 1.82) is 0 Å². The van der Waals surface area contributed by atoms with Crippen LogP contribution in [0.2, 0.25) is 10.0 Å². The Morgan fingerprint density at radius 3 is 2.43 bits per heavy atom. The molecule has 2 heterocycles. The van der Waals surface area contributed by atoms with Gasteiger partial charge in [-0.2, -0.15) is 4.31 Å². The maximum Gasteiger partial charge on any atom is 0.286 e. The SMILES string of the molecule is O=C(NCCCC(=O)N1CCN(S(=O)(=O)c2ccc(Cl)c(Cl)c2)CC1)c1ccco1. The highest BCUT2D eigenvalue weighted by Gasteiger charge is 2.30. The first-order valence-corrected chi connectivity index (χ1v) is 11.5. The van der Waals surface area contributed by atoms with Gasteiger partial charge in [0.1, 0.15) is 0 Å². The van der Waals surface area contributed by atoms with Crippen molar-refractivity contribution in [3.05, 3.63) is 52.4 Å². The van der Waals surface area contributed by atoms with E-state index in [-0.39, 0.29) is 52.0 Å². The fourth-order valence-electron chi connectivity index (χ4n) is 3.06. The molecule has 0 aliphatic carbocycles. The van der Waals surface area contributed by atoms with E-state index in [0.717, 1.165) is 0 Å². The van der Waals surface area contributed by atoms with Crippen LogP contribution in [0.5, 0.6) is 0 Å². The van der Waals surface area contributed by atoms with E-state index in [4.69, 9.17) is 27.6 Å². The molecule has 0 spiro atoms. The number of furan rings is 1. The van der Waals surface area contributed by atoms with Crippen LogP contribution >= 0.6 is 23.2 Å². The summed E-state index contributed by atoms with van der Waals surface area (Å²) in [5, 5.41) is 3.14. The summed E-state index contributed by atoms with van der Waals surface area (Å²) < 4.78 is 31.9. The van der Waals surface area contributed by atoms with Gasteiger partial charge in [0.15, 0.2) is 5.76 Å². The zero-order valence-electron chi connectivity index (χ0n) is 16.0. The molecule has 0 unspecified atom stereocenters. The van der Waals surface area contributed by atoms with Crippen molar-refractivity contribution in [2.24, 2.45) is 0 Å². The highest BCUT2D eigenvalue weighted by atomic mass is 35.5. The molecule has 0 radical (unpaired) electrons. The lowest BCUT2D eigenvalue weighted by atomic mass is 10.2. The van der Waals surface area contributed by atoms with Crippen LogP contribution in [-0.4, -0.2) is 62.2 Å². The Balaban J connectivity index is 1.44. The smallest absolute Gasteiger partial charge is 0.286 e. The van der Waals surface area contributed by atoms with Gasteiger partial charge in [0.05, 0.1) is 21.2 Å². The molecule has 1 aliphatic heterocycles. The van der Waals surface area contributed by atoms with Crippen molar-refractivity contribution in [2.75, 3.05) is 32.7 Å². The van der Waals surface area contributed by atoms with Crippen molar-refractivity contribution in [3.63, 3.8) is 0 Å². The van der Waals surface area contributed by atoms with Gasteiger partial charge in [-0.25, -0.2) is 8.42 Å². The van der Waals surface area contributed by atoms with E-state index in [0.29, 0.717) is 26.1 Å².